The van der Waals surface area contributed by atoms with Gasteiger partial charge >= 0.3 is 0 Å². The van der Waals surface area contributed by atoms with Crippen molar-refractivity contribution < 1.29 is 0 Å². The number of nitrogens with zero attached hydrogens (tertiary/aromatic N) is 2. The quantitative estimate of drug-likeness (QED) is 0.696. The van der Waals surface area contributed by atoms with Crippen LogP contribution in [0.4, 0.5) is 0 Å². The van der Waals surface area contributed by atoms with Crippen LogP contribution in [-0.4, -0.2) is 9.78 Å². The van der Waals surface area contributed by atoms with E-state index in [2.05, 4.69) is 41.1 Å². The molecule has 0 radical (unpaired) electrons. The minimum Gasteiger partial charge on any atom is -0.270 e. The maximum absolute atomic E-state index is 4.37. The van der Waals surface area contributed by atoms with Crippen LogP contribution in [-0.2, 0) is 5.33 Å². The summed E-state index contributed by atoms with van der Waals surface area (Å²) in [4.78, 5) is 0. The van der Waals surface area contributed by atoms with Gasteiger partial charge in [-0.15, -0.1) is 0 Å². The second-order valence-corrected chi connectivity index (χ2v) is 3.51. The first-order valence-electron chi connectivity index (χ1n) is 3.75. The van der Waals surface area contributed by atoms with Gasteiger partial charge in [0.1, 0.15) is 0 Å². The predicted molar refractivity (Wildman–Crippen MR) is 50.0 cm³/mol. The number of rotatable bonds is 2. The molecule has 0 aromatic carbocycles. The van der Waals surface area contributed by atoms with Gasteiger partial charge in [-0.2, -0.15) is 5.10 Å². The first-order valence-corrected chi connectivity index (χ1v) is 4.88. The van der Waals surface area contributed by atoms with Gasteiger partial charge in [0, 0.05) is 23.1 Å². The van der Waals surface area contributed by atoms with Crippen LogP contribution in [0, 0.1) is 6.92 Å². The van der Waals surface area contributed by atoms with Gasteiger partial charge in [0.15, 0.2) is 0 Å². The third kappa shape index (κ3) is 1.83. The SMILES string of the molecule is Cc1nn(C(C)C)cc1CBr. The van der Waals surface area contributed by atoms with Crippen LogP contribution in [0.3, 0.4) is 0 Å². The first kappa shape index (κ1) is 8.78. The second kappa shape index (κ2) is 3.39. The van der Waals surface area contributed by atoms with Crippen LogP contribution >= 0.6 is 15.9 Å². The van der Waals surface area contributed by atoms with Crippen LogP contribution in [0.1, 0.15) is 31.1 Å². The van der Waals surface area contributed by atoms with E-state index in [0.29, 0.717) is 6.04 Å². The van der Waals surface area contributed by atoms with Gasteiger partial charge in [0.25, 0.3) is 0 Å². The minimum absolute atomic E-state index is 0.460. The Balaban J connectivity index is 2.95. The molecule has 0 spiro atoms. The van der Waals surface area contributed by atoms with E-state index >= 15 is 0 Å². The van der Waals surface area contributed by atoms with E-state index < -0.39 is 0 Å². The molecular formula is C8H13BrN2. The lowest BCUT2D eigenvalue weighted by Crippen LogP contribution is -2.00. The highest BCUT2D eigenvalue weighted by Crippen LogP contribution is 2.12. The van der Waals surface area contributed by atoms with E-state index in [1.807, 2.05) is 11.6 Å². The third-order valence-electron chi connectivity index (χ3n) is 1.69. The van der Waals surface area contributed by atoms with E-state index in [0.717, 1.165) is 11.0 Å². The smallest absolute Gasteiger partial charge is 0.0634 e. The second-order valence-electron chi connectivity index (χ2n) is 2.95. The molecule has 1 aromatic heterocycles. The van der Waals surface area contributed by atoms with Crippen molar-refractivity contribution >= 4 is 15.9 Å². The fourth-order valence-corrected chi connectivity index (χ4v) is 1.47. The number of aromatic nitrogens is 2. The summed E-state index contributed by atoms with van der Waals surface area (Å²) in [5.74, 6) is 0. The Labute approximate surface area is 75.7 Å². The lowest BCUT2D eigenvalue weighted by atomic mass is 10.3. The molecule has 0 bridgehead atoms. The zero-order chi connectivity index (χ0) is 8.43. The maximum Gasteiger partial charge on any atom is 0.0634 e. The first-order chi connectivity index (χ1) is 5.15. The molecule has 2 nitrogen and oxygen atoms in total. The molecule has 0 amide bonds. The van der Waals surface area contributed by atoms with Gasteiger partial charge in [-0.05, 0) is 20.8 Å². The van der Waals surface area contributed by atoms with Crippen LogP contribution < -0.4 is 0 Å². The van der Waals surface area contributed by atoms with Crippen molar-refractivity contribution in [1.29, 1.82) is 0 Å². The van der Waals surface area contributed by atoms with Gasteiger partial charge in [-0.25, -0.2) is 0 Å². The van der Waals surface area contributed by atoms with Crippen molar-refractivity contribution in [3.8, 4) is 0 Å². The summed E-state index contributed by atoms with van der Waals surface area (Å²) in [6, 6.07) is 0.460. The Hall–Kier alpha value is -0.310. The summed E-state index contributed by atoms with van der Waals surface area (Å²) in [5.41, 5.74) is 2.40. The summed E-state index contributed by atoms with van der Waals surface area (Å²) in [6.07, 6.45) is 2.09. The highest BCUT2D eigenvalue weighted by Gasteiger charge is 2.04. The molecule has 0 atom stereocenters. The summed E-state index contributed by atoms with van der Waals surface area (Å²) in [6.45, 7) is 6.30. The predicted octanol–water partition coefficient (Wildman–Crippen LogP) is 2.67. The van der Waals surface area contributed by atoms with Crippen LogP contribution in [0.2, 0.25) is 0 Å². The molecule has 0 saturated heterocycles. The molecule has 1 aromatic rings. The highest BCUT2D eigenvalue weighted by atomic mass is 79.9. The summed E-state index contributed by atoms with van der Waals surface area (Å²) in [5, 5.41) is 5.26. The number of halogens is 1. The molecule has 0 aliphatic rings. The fourth-order valence-electron chi connectivity index (χ4n) is 0.915. The van der Waals surface area contributed by atoms with Gasteiger partial charge in [-0.1, -0.05) is 15.9 Å². The Morgan fingerprint density at radius 3 is 2.55 bits per heavy atom. The molecule has 0 fully saturated rings. The highest BCUT2D eigenvalue weighted by molar-refractivity contribution is 9.08. The molecule has 0 aliphatic heterocycles. The van der Waals surface area contributed by atoms with Gasteiger partial charge in [0.05, 0.1) is 5.69 Å². The van der Waals surface area contributed by atoms with E-state index in [-0.39, 0.29) is 0 Å². The van der Waals surface area contributed by atoms with Gasteiger partial charge in [0.2, 0.25) is 0 Å². The van der Waals surface area contributed by atoms with Crippen molar-refractivity contribution in [1.82, 2.24) is 9.78 Å². The van der Waals surface area contributed by atoms with Gasteiger partial charge in [-0.3, -0.25) is 4.68 Å². The summed E-state index contributed by atoms with van der Waals surface area (Å²) < 4.78 is 1.99. The number of alkyl halides is 1. The molecule has 0 aliphatic carbocycles. The van der Waals surface area contributed by atoms with Crippen molar-refractivity contribution in [2.24, 2.45) is 0 Å². The lowest BCUT2D eigenvalue weighted by molar-refractivity contribution is 0.529. The molecule has 11 heavy (non-hydrogen) atoms. The Morgan fingerprint density at radius 2 is 2.27 bits per heavy atom. The minimum atomic E-state index is 0.460. The molecule has 62 valence electrons. The van der Waals surface area contributed by atoms with E-state index in [4.69, 9.17) is 0 Å². The van der Waals surface area contributed by atoms with E-state index in [9.17, 15) is 0 Å². The standard InChI is InChI=1S/C8H13BrN2/c1-6(2)11-5-8(4-9)7(3)10-11/h5-6H,4H2,1-3H3. The molecule has 3 heteroatoms. The zero-order valence-corrected chi connectivity index (χ0v) is 8.72. The van der Waals surface area contributed by atoms with Gasteiger partial charge < -0.3 is 0 Å². The van der Waals surface area contributed by atoms with Crippen molar-refractivity contribution in [2.45, 2.75) is 32.1 Å². The Kier molecular flexibility index (Phi) is 2.71. The topological polar surface area (TPSA) is 17.8 Å². The lowest BCUT2D eigenvalue weighted by Gasteiger charge is -2.02. The summed E-state index contributed by atoms with van der Waals surface area (Å²) in [7, 11) is 0. The third-order valence-corrected chi connectivity index (χ3v) is 2.30. The van der Waals surface area contributed by atoms with E-state index in [1.165, 1.54) is 5.56 Å². The van der Waals surface area contributed by atoms with Crippen molar-refractivity contribution in [3.63, 3.8) is 0 Å². The normalized spacial score (nSPS) is 11.0. The van der Waals surface area contributed by atoms with Crippen molar-refractivity contribution in [2.75, 3.05) is 0 Å². The number of hydrogen-bond acceptors (Lipinski definition) is 1. The number of hydrogen-bond donors (Lipinski definition) is 0. The zero-order valence-electron chi connectivity index (χ0n) is 7.13. The molecule has 1 heterocycles. The van der Waals surface area contributed by atoms with Crippen LogP contribution in [0.5, 0.6) is 0 Å². The maximum atomic E-state index is 4.37. The van der Waals surface area contributed by atoms with E-state index in [1.54, 1.807) is 0 Å². The molecule has 0 saturated carbocycles. The Bertz CT molecular complexity index is 240. The monoisotopic (exact) mass is 216 g/mol. The van der Waals surface area contributed by atoms with Crippen LogP contribution in [0.25, 0.3) is 0 Å². The Morgan fingerprint density at radius 1 is 1.64 bits per heavy atom. The average Bonchev–Trinajstić information content (AvgIpc) is 2.31. The van der Waals surface area contributed by atoms with Crippen LogP contribution in [0.15, 0.2) is 6.20 Å². The molecule has 0 unspecified atom stereocenters. The molecule has 1 rings (SSSR count). The summed E-state index contributed by atoms with van der Waals surface area (Å²) >= 11 is 3.42. The molecule has 0 N–H and O–H groups in total. The molecular weight excluding hydrogens is 204 g/mol. The largest absolute Gasteiger partial charge is 0.270 e. The fraction of sp³-hybridized carbons (Fsp3) is 0.625. The number of aryl methyl sites for hydroxylation is 1. The van der Waals surface area contributed by atoms with Crippen molar-refractivity contribution in [3.05, 3.63) is 17.5 Å². The average molecular weight is 217 g/mol.